The van der Waals surface area contributed by atoms with Gasteiger partial charge in [-0.25, -0.2) is 8.42 Å². The lowest BCUT2D eigenvalue weighted by Crippen LogP contribution is -2.29. The number of aromatic nitrogens is 3. The summed E-state index contributed by atoms with van der Waals surface area (Å²) < 4.78 is 22.6. The van der Waals surface area contributed by atoms with E-state index < -0.39 is 9.84 Å². The maximum atomic E-state index is 11.3. The molecule has 2 heterocycles. The standard InChI is InChI=1S/C13H14N4O2S/c18-20(19)7-6-11(10-20)14-8-12-9-15-17(16-12)13-4-2-1-3-5-13/h1-7,9,11,14H,8,10H2. The van der Waals surface area contributed by atoms with Crippen LogP contribution in [0.4, 0.5) is 0 Å². The van der Waals surface area contributed by atoms with Gasteiger partial charge < -0.3 is 5.32 Å². The molecular formula is C13H14N4O2S. The van der Waals surface area contributed by atoms with E-state index in [0.29, 0.717) is 6.54 Å². The lowest BCUT2D eigenvalue weighted by atomic mass is 10.3. The van der Waals surface area contributed by atoms with Gasteiger partial charge in [0.1, 0.15) is 0 Å². The van der Waals surface area contributed by atoms with Crippen molar-refractivity contribution in [2.45, 2.75) is 12.6 Å². The van der Waals surface area contributed by atoms with Crippen molar-refractivity contribution in [2.24, 2.45) is 0 Å². The maximum absolute atomic E-state index is 11.3. The Morgan fingerprint density at radius 2 is 2.10 bits per heavy atom. The Morgan fingerprint density at radius 1 is 1.30 bits per heavy atom. The van der Waals surface area contributed by atoms with Crippen LogP contribution in [0.25, 0.3) is 5.69 Å². The number of sulfone groups is 1. The second kappa shape index (κ2) is 5.18. The number of hydrogen-bond acceptors (Lipinski definition) is 5. The van der Waals surface area contributed by atoms with E-state index >= 15 is 0 Å². The molecule has 1 aromatic carbocycles. The normalized spacial score (nSPS) is 20.3. The van der Waals surface area contributed by atoms with Crippen molar-refractivity contribution in [2.75, 3.05) is 5.75 Å². The Balaban J connectivity index is 1.63. The minimum absolute atomic E-state index is 0.111. The summed E-state index contributed by atoms with van der Waals surface area (Å²) in [5.74, 6) is 0.111. The molecule has 1 unspecified atom stereocenters. The molecule has 7 heteroatoms. The van der Waals surface area contributed by atoms with Crippen molar-refractivity contribution >= 4 is 9.84 Å². The van der Waals surface area contributed by atoms with Crippen molar-refractivity contribution in [1.82, 2.24) is 20.3 Å². The molecule has 0 spiro atoms. The smallest absolute Gasteiger partial charge is 0.173 e. The summed E-state index contributed by atoms with van der Waals surface area (Å²) in [5.41, 5.74) is 1.66. The van der Waals surface area contributed by atoms with E-state index in [-0.39, 0.29) is 11.8 Å². The summed E-state index contributed by atoms with van der Waals surface area (Å²) in [4.78, 5) is 1.55. The number of hydrogen-bond donors (Lipinski definition) is 1. The van der Waals surface area contributed by atoms with E-state index in [9.17, 15) is 8.42 Å². The Hall–Kier alpha value is -1.99. The van der Waals surface area contributed by atoms with Crippen molar-refractivity contribution < 1.29 is 8.42 Å². The van der Waals surface area contributed by atoms with Crippen LogP contribution in [0.15, 0.2) is 48.0 Å². The highest BCUT2D eigenvalue weighted by molar-refractivity contribution is 7.94. The number of rotatable bonds is 4. The third-order valence-corrected chi connectivity index (χ3v) is 4.40. The molecule has 0 amide bonds. The largest absolute Gasteiger partial charge is 0.304 e. The number of para-hydroxylation sites is 1. The molecule has 20 heavy (non-hydrogen) atoms. The zero-order valence-corrected chi connectivity index (χ0v) is 11.5. The first kappa shape index (κ1) is 13.0. The first-order valence-electron chi connectivity index (χ1n) is 6.23. The Kier molecular flexibility index (Phi) is 3.37. The van der Waals surface area contributed by atoms with E-state index in [1.54, 1.807) is 17.1 Å². The minimum Gasteiger partial charge on any atom is -0.304 e. The molecule has 1 aliphatic heterocycles. The Bertz CT molecular complexity index is 722. The first-order valence-corrected chi connectivity index (χ1v) is 7.95. The van der Waals surface area contributed by atoms with Crippen LogP contribution in [0.1, 0.15) is 5.69 Å². The van der Waals surface area contributed by atoms with E-state index in [4.69, 9.17) is 0 Å². The SMILES string of the molecule is O=S1(=O)C=CC(NCc2cnn(-c3ccccc3)n2)C1. The molecule has 104 valence electrons. The van der Waals surface area contributed by atoms with Gasteiger partial charge in [-0.1, -0.05) is 24.3 Å². The molecule has 0 saturated heterocycles. The fraction of sp³-hybridized carbons (Fsp3) is 0.231. The fourth-order valence-electron chi connectivity index (χ4n) is 2.00. The monoisotopic (exact) mass is 290 g/mol. The van der Waals surface area contributed by atoms with Crippen LogP contribution in [-0.4, -0.2) is 35.2 Å². The quantitative estimate of drug-likeness (QED) is 0.895. The minimum atomic E-state index is -3.02. The predicted molar refractivity (Wildman–Crippen MR) is 74.9 cm³/mol. The molecule has 1 N–H and O–H groups in total. The molecule has 3 rings (SSSR count). The van der Waals surface area contributed by atoms with Crippen LogP contribution in [-0.2, 0) is 16.4 Å². The molecule has 6 nitrogen and oxygen atoms in total. The Morgan fingerprint density at radius 3 is 2.80 bits per heavy atom. The van der Waals surface area contributed by atoms with Crippen LogP contribution in [0.3, 0.4) is 0 Å². The van der Waals surface area contributed by atoms with E-state index in [1.807, 2.05) is 30.3 Å². The summed E-state index contributed by atoms with van der Waals surface area (Å²) >= 11 is 0. The van der Waals surface area contributed by atoms with Gasteiger partial charge in [0.2, 0.25) is 0 Å². The van der Waals surface area contributed by atoms with Gasteiger partial charge in [-0.3, -0.25) is 0 Å². The summed E-state index contributed by atoms with van der Waals surface area (Å²) in [5, 5.41) is 12.9. The van der Waals surface area contributed by atoms with Gasteiger partial charge in [0.15, 0.2) is 9.84 Å². The molecule has 2 aromatic rings. The molecule has 1 aliphatic rings. The molecule has 0 radical (unpaired) electrons. The fourth-order valence-corrected chi connectivity index (χ4v) is 3.27. The summed E-state index contributed by atoms with van der Waals surface area (Å²) in [6.45, 7) is 0.483. The summed E-state index contributed by atoms with van der Waals surface area (Å²) in [6, 6.07) is 9.46. The number of nitrogens with one attached hydrogen (secondary N) is 1. The predicted octanol–water partition coefficient (Wildman–Crippen LogP) is 0.668. The highest BCUT2D eigenvalue weighted by Gasteiger charge is 2.21. The number of nitrogens with zero attached hydrogens (tertiary/aromatic N) is 3. The van der Waals surface area contributed by atoms with Gasteiger partial charge in [0.05, 0.1) is 23.3 Å². The molecule has 1 aromatic heterocycles. The van der Waals surface area contributed by atoms with E-state index in [1.165, 1.54) is 5.41 Å². The lowest BCUT2D eigenvalue weighted by molar-refractivity contribution is 0.586. The van der Waals surface area contributed by atoms with Crippen LogP contribution >= 0.6 is 0 Å². The first-order chi connectivity index (χ1) is 9.62. The van der Waals surface area contributed by atoms with Gasteiger partial charge in [-0.05, 0) is 12.1 Å². The van der Waals surface area contributed by atoms with Crippen molar-refractivity contribution in [3.8, 4) is 5.69 Å². The van der Waals surface area contributed by atoms with Crippen LogP contribution in [0.5, 0.6) is 0 Å². The highest BCUT2D eigenvalue weighted by atomic mass is 32.2. The molecule has 0 aliphatic carbocycles. The van der Waals surface area contributed by atoms with Gasteiger partial charge in [0.25, 0.3) is 0 Å². The molecule has 0 bridgehead atoms. The zero-order chi connectivity index (χ0) is 14.0. The zero-order valence-electron chi connectivity index (χ0n) is 10.7. The molecule has 1 atom stereocenters. The van der Waals surface area contributed by atoms with Crippen LogP contribution < -0.4 is 5.32 Å². The highest BCUT2D eigenvalue weighted by Crippen LogP contribution is 2.09. The van der Waals surface area contributed by atoms with Crippen molar-refractivity contribution in [3.05, 3.63) is 53.7 Å². The van der Waals surface area contributed by atoms with Crippen molar-refractivity contribution in [1.29, 1.82) is 0 Å². The topological polar surface area (TPSA) is 76.9 Å². The van der Waals surface area contributed by atoms with Crippen LogP contribution in [0, 0.1) is 0 Å². The number of benzene rings is 1. The molecule has 0 fully saturated rings. The van der Waals surface area contributed by atoms with Gasteiger partial charge in [-0.2, -0.15) is 15.0 Å². The second-order valence-corrected chi connectivity index (χ2v) is 6.54. The third-order valence-electron chi connectivity index (χ3n) is 3.00. The van der Waals surface area contributed by atoms with Crippen molar-refractivity contribution in [3.63, 3.8) is 0 Å². The summed E-state index contributed by atoms with van der Waals surface area (Å²) in [6.07, 6.45) is 3.34. The lowest BCUT2D eigenvalue weighted by Gasteiger charge is -2.07. The Labute approximate surface area is 117 Å². The third kappa shape index (κ3) is 2.94. The molecular weight excluding hydrogens is 276 g/mol. The van der Waals surface area contributed by atoms with Crippen LogP contribution in [0.2, 0.25) is 0 Å². The molecule has 0 saturated carbocycles. The summed E-state index contributed by atoms with van der Waals surface area (Å²) in [7, 11) is -3.02. The van der Waals surface area contributed by atoms with E-state index in [0.717, 1.165) is 11.4 Å². The maximum Gasteiger partial charge on any atom is 0.173 e. The van der Waals surface area contributed by atoms with Gasteiger partial charge >= 0.3 is 0 Å². The second-order valence-electron chi connectivity index (χ2n) is 4.61. The average molecular weight is 290 g/mol. The van der Waals surface area contributed by atoms with Gasteiger partial charge in [-0.15, -0.1) is 0 Å². The average Bonchev–Trinajstić information content (AvgIpc) is 3.04. The van der Waals surface area contributed by atoms with Gasteiger partial charge in [0, 0.05) is 18.0 Å². The van der Waals surface area contributed by atoms with E-state index in [2.05, 4.69) is 15.5 Å².